The van der Waals surface area contributed by atoms with Gasteiger partial charge in [-0.15, -0.1) is 6.57 Å². The van der Waals surface area contributed by atoms with Crippen LogP contribution in [0.1, 0.15) is 18.9 Å². The summed E-state index contributed by atoms with van der Waals surface area (Å²) in [6.45, 7) is 7.96. The highest BCUT2D eigenvalue weighted by atomic mass is 16.5. The van der Waals surface area contributed by atoms with E-state index in [1.807, 2.05) is 0 Å². The van der Waals surface area contributed by atoms with Gasteiger partial charge in [0, 0.05) is 32.4 Å². The van der Waals surface area contributed by atoms with Crippen LogP contribution in [0, 0.1) is 6.57 Å². The molecule has 35 heavy (non-hydrogen) atoms. The zero-order valence-corrected chi connectivity index (χ0v) is 18.8. The number of aromatic nitrogens is 6. The monoisotopic (exact) mass is 472 g/mol. The molecule has 1 aliphatic heterocycles. The molecule has 4 aromatic rings. The average Bonchev–Trinajstić information content (AvgIpc) is 2.89. The number of aromatic amines is 1. The zero-order valence-electron chi connectivity index (χ0n) is 18.8. The Balaban J connectivity index is 1.64. The Labute approximate surface area is 198 Å². The van der Waals surface area contributed by atoms with Crippen molar-refractivity contribution < 1.29 is 9.53 Å². The van der Waals surface area contributed by atoms with E-state index in [1.165, 1.54) is 25.7 Å². The first kappa shape index (κ1) is 22.3. The van der Waals surface area contributed by atoms with Gasteiger partial charge < -0.3 is 14.5 Å². The minimum absolute atomic E-state index is 0.00971. The van der Waals surface area contributed by atoms with Crippen LogP contribution in [-0.2, 0) is 9.53 Å². The minimum atomic E-state index is -0.541. The maximum atomic E-state index is 13.1. The molecule has 0 aromatic carbocycles. The van der Waals surface area contributed by atoms with E-state index >= 15 is 0 Å². The van der Waals surface area contributed by atoms with Crippen molar-refractivity contribution in [2.75, 3.05) is 26.8 Å². The van der Waals surface area contributed by atoms with Crippen molar-refractivity contribution in [3.05, 3.63) is 63.0 Å². The van der Waals surface area contributed by atoms with E-state index in [1.54, 1.807) is 21.6 Å². The molecule has 0 atom stereocenters. The predicted octanol–water partition coefficient (Wildman–Crippen LogP) is 1.45. The summed E-state index contributed by atoms with van der Waals surface area (Å²) in [6, 6.07) is 3.25. The molecule has 5 rings (SSSR count). The molecule has 176 valence electrons. The summed E-state index contributed by atoms with van der Waals surface area (Å²) in [7, 11) is 1.47. The summed E-state index contributed by atoms with van der Waals surface area (Å²) in [4.78, 5) is 62.3. The number of pyridine rings is 2. The van der Waals surface area contributed by atoms with Crippen LogP contribution in [-0.4, -0.2) is 67.1 Å². The van der Waals surface area contributed by atoms with Crippen LogP contribution in [0.3, 0.4) is 0 Å². The van der Waals surface area contributed by atoms with E-state index in [4.69, 9.17) is 16.3 Å². The molecule has 0 bridgehead atoms. The Morgan fingerprint density at radius 2 is 1.91 bits per heavy atom. The molecular formula is C23H20N8O4. The fourth-order valence-corrected chi connectivity index (χ4v) is 4.40. The van der Waals surface area contributed by atoms with Crippen molar-refractivity contribution in [3.8, 4) is 11.3 Å². The SMILES string of the molecule is [C-]#[N+]c1ncc(-c2ccc3ncc4c(=O)[nH]c(=O)n(C5CCN(C(=O)COC)CC5)c4c3n2)cn1. The first-order chi connectivity index (χ1) is 17.0. The van der Waals surface area contributed by atoms with E-state index < -0.39 is 11.2 Å². The lowest BCUT2D eigenvalue weighted by atomic mass is 10.0. The van der Waals surface area contributed by atoms with Crippen LogP contribution >= 0.6 is 0 Å². The third-order valence-electron chi connectivity index (χ3n) is 6.10. The molecule has 1 N–H and O–H groups in total. The number of carbonyl (C=O) groups is 1. The molecule has 1 aliphatic rings. The molecule has 0 saturated carbocycles. The number of H-pyrrole nitrogens is 1. The molecule has 0 radical (unpaired) electrons. The molecule has 5 heterocycles. The van der Waals surface area contributed by atoms with Crippen LogP contribution in [0.2, 0.25) is 0 Å². The molecular weight excluding hydrogens is 452 g/mol. The number of rotatable bonds is 4. The molecule has 4 aromatic heterocycles. The third kappa shape index (κ3) is 4.02. The van der Waals surface area contributed by atoms with Crippen LogP contribution in [0.5, 0.6) is 0 Å². The van der Waals surface area contributed by atoms with Crippen LogP contribution in [0.15, 0.2) is 40.3 Å². The van der Waals surface area contributed by atoms with Crippen molar-refractivity contribution in [2.24, 2.45) is 0 Å². The number of piperidine rings is 1. The van der Waals surface area contributed by atoms with E-state index in [-0.39, 0.29) is 29.9 Å². The number of ether oxygens (including phenoxy) is 1. The topological polar surface area (TPSA) is 140 Å². The van der Waals surface area contributed by atoms with Crippen molar-refractivity contribution in [2.45, 2.75) is 18.9 Å². The smallest absolute Gasteiger partial charge is 0.371 e. The van der Waals surface area contributed by atoms with Crippen LogP contribution in [0.4, 0.5) is 5.95 Å². The summed E-state index contributed by atoms with van der Waals surface area (Å²) in [6.07, 6.45) is 5.51. The highest BCUT2D eigenvalue weighted by molar-refractivity contribution is 6.01. The average molecular weight is 472 g/mol. The number of nitrogens with zero attached hydrogens (tertiary/aromatic N) is 7. The van der Waals surface area contributed by atoms with Gasteiger partial charge in [-0.25, -0.2) is 9.78 Å². The number of nitrogens with one attached hydrogen (secondary N) is 1. The Bertz CT molecular complexity index is 1600. The lowest BCUT2D eigenvalue weighted by Gasteiger charge is -2.33. The molecule has 1 fully saturated rings. The lowest BCUT2D eigenvalue weighted by Crippen LogP contribution is -2.43. The quantitative estimate of drug-likeness (QED) is 0.348. The number of likely N-dealkylation sites (tertiary alicyclic amines) is 1. The third-order valence-corrected chi connectivity index (χ3v) is 6.10. The molecule has 0 aliphatic carbocycles. The molecule has 1 amide bonds. The summed E-state index contributed by atoms with van der Waals surface area (Å²) in [5.74, 6) is -0.0746. The van der Waals surface area contributed by atoms with Crippen molar-refractivity contribution >= 4 is 33.8 Å². The van der Waals surface area contributed by atoms with E-state index in [0.29, 0.717) is 53.7 Å². The number of carbonyl (C=O) groups excluding carboxylic acids is 1. The van der Waals surface area contributed by atoms with Gasteiger partial charge >= 0.3 is 11.6 Å². The second kappa shape index (κ2) is 9.03. The van der Waals surface area contributed by atoms with Crippen molar-refractivity contribution in [1.29, 1.82) is 0 Å². The molecule has 12 heteroatoms. The number of hydrogen-bond acceptors (Lipinski definition) is 8. The summed E-state index contributed by atoms with van der Waals surface area (Å²) in [5.41, 5.74) is 1.34. The van der Waals surface area contributed by atoms with Gasteiger partial charge in [-0.2, -0.15) is 9.97 Å². The van der Waals surface area contributed by atoms with Gasteiger partial charge in [0.05, 0.1) is 40.1 Å². The maximum absolute atomic E-state index is 13.1. The van der Waals surface area contributed by atoms with Gasteiger partial charge in [-0.05, 0) is 25.0 Å². The normalized spacial score (nSPS) is 14.3. The molecule has 12 nitrogen and oxygen atoms in total. The van der Waals surface area contributed by atoms with Crippen LogP contribution in [0.25, 0.3) is 38.0 Å². The van der Waals surface area contributed by atoms with E-state index in [2.05, 4.69) is 24.8 Å². The summed E-state index contributed by atoms with van der Waals surface area (Å²) in [5, 5.41) is 0.249. The van der Waals surface area contributed by atoms with Gasteiger partial charge in [-0.1, -0.05) is 0 Å². The van der Waals surface area contributed by atoms with Crippen molar-refractivity contribution in [1.82, 2.24) is 34.4 Å². The highest BCUT2D eigenvalue weighted by Crippen LogP contribution is 2.28. The first-order valence-corrected chi connectivity index (χ1v) is 10.9. The second-order valence-electron chi connectivity index (χ2n) is 8.14. The largest absolute Gasteiger partial charge is 0.394 e. The van der Waals surface area contributed by atoms with Gasteiger partial charge in [-0.3, -0.25) is 24.1 Å². The second-order valence-corrected chi connectivity index (χ2v) is 8.14. The number of methoxy groups -OCH3 is 1. The Morgan fingerprint density at radius 3 is 2.60 bits per heavy atom. The molecule has 1 saturated heterocycles. The molecule has 0 spiro atoms. The van der Waals surface area contributed by atoms with Gasteiger partial charge in [0.1, 0.15) is 12.1 Å². The first-order valence-electron chi connectivity index (χ1n) is 10.9. The van der Waals surface area contributed by atoms with Crippen molar-refractivity contribution in [3.63, 3.8) is 0 Å². The Hall–Kier alpha value is -4.50. The number of amides is 1. The summed E-state index contributed by atoms with van der Waals surface area (Å²) >= 11 is 0. The molecule has 0 unspecified atom stereocenters. The lowest BCUT2D eigenvalue weighted by molar-refractivity contribution is -0.136. The van der Waals surface area contributed by atoms with Gasteiger partial charge in [0.25, 0.3) is 5.56 Å². The maximum Gasteiger partial charge on any atom is 0.371 e. The minimum Gasteiger partial charge on any atom is -0.394 e. The number of fused-ring (bicyclic) bond motifs is 3. The van der Waals surface area contributed by atoms with Gasteiger partial charge in [0.2, 0.25) is 5.91 Å². The predicted molar refractivity (Wildman–Crippen MR) is 126 cm³/mol. The Kier molecular flexibility index (Phi) is 5.76. The summed E-state index contributed by atoms with van der Waals surface area (Å²) < 4.78 is 6.51. The fourth-order valence-electron chi connectivity index (χ4n) is 4.40. The number of hydrogen-bond donors (Lipinski definition) is 1. The van der Waals surface area contributed by atoms with Gasteiger partial charge in [0.15, 0.2) is 0 Å². The standard InChI is InChI=1S/C23H20N8O4/c1-24-22-26-9-13(10-27-22)16-3-4-17-19(28-16)20-15(11-25-17)21(33)29-23(34)31(20)14-5-7-30(8-6-14)18(32)12-35-2/h3-4,9-11,14H,5-8,12H2,2H3,(H,29,33,34). The highest BCUT2D eigenvalue weighted by Gasteiger charge is 2.27. The van der Waals surface area contributed by atoms with E-state index in [9.17, 15) is 14.4 Å². The zero-order chi connectivity index (χ0) is 24.5. The fraction of sp³-hybridized carbons (Fsp3) is 0.304. The van der Waals surface area contributed by atoms with E-state index in [0.717, 1.165) is 0 Å². The van der Waals surface area contributed by atoms with Crippen LogP contribution < -0.4 is 11.2 Å². The Morgan fingerprint density at radius 1 is 1.17 bits per heavy atom.